The number of nitrogens with zero attached hydrogens (tertiary/aromatic N) is 2. The van der Waals surface area contributed by atoms with E-state index in [0.717, 1.165) is 58.6 Å². The van der Waals surface area contributed by atoms with Crippen LogP contribution < -0.4 is 5.32 Å². The summed E-state index contributed by atoms with van der Waals surface area (Å²) < 4.78 is 18.2. The molecule has 0 radical (unpaired) electrons. The van der Waals surface area contributed by atoms with Gasteiger partial charge in [0.1, 0.15) is 6.61 Å². The molecular formula is C37H41N3O5. The van der Waals surface area contributed by atoms with Gasteiger partial charge in [0.05, 0.1) is 18.8 Å². The number of carbonyl (C=O) groups excluding carboxylic acids is 1. The van der Waals surface area contributed by atoms with Crippen LogP contribution in [0.25, 0.3) is 11.1 Å². The van der Waals surface area contributed by atoms with Crippen LogP contribution in [0.15, 0.2) is 110 Å². The fourth-order valence-corrected chi connectivity index (χ4v) is 5.41. The van der Waals surface area contributed by atoms with Crippen LogP contribution in [-0.2, 0) is 33.8 Å². The fraction of sp³-hybridized carbons (Fsp3) is 0.297. The molecule has 5 rings (SSSR count). The number of pyridine rings is 1. The molecule has 1 saturated heterocycles. The van der Waals surface area contributed by atoms with Crippen molar-refractivity contribution in [2.45, 2.75) is 44.5 Å². The minimum Gasteiger partial charge on any atom is -0.445 e. The molecule has 3 atom stereocenters. The number of nitrogens with one attached hydrogen (secondary N) is 1. The second-order valence-electron chi connectivity index (χ2n) is 11.2. The van der Waals surface area contributed by atoms with Gasteiger partial charge in [-0.1, -0.05) is 79.4 Å². The maximum atomic E-state index is 11.9. The molecule has 0 bridgehead atoms. The Kier molecular flexibility index (Phi) is 11.5. The quantitative estimate of drug-likeness (QED) is 0.171. The molecule has 8 nitrogen and oxygen atoms in total. The molecule has 2 heterocycles. The summed E-state index contributed by atoms with van der Waals surface area (Å²) in [6, 6.07) is 30.2. The highest BCUT2D eigenvalue weighted by Gasteiger charge is 2.33. The zero-order chi connectivity index (χ0) is 31.4. The topological polar surface area (TPSA) is 93.2 Å². The van der Waals surface area contributed by atoms with Gasteiger partial charge in [0.2, 0.25) is 0 Å². The third-order valence-corrected chi connectivity index (χ3v) is 7.79. The molecule has 2 N–H and O–H groups in total. The Morgan fingerprint density at radius 2 is 1.80 bits per heavy atom. The molecule has 234 valence electrons. The van der Waals surface area contributed by atoms with E-state index in [1.807, 2.05) is 72.9 Å². The third kappa shape index (κ3) is 9.33. The number of benzene rings is 3. The van der Waals surface area contributed by atoms with Crippen molar-refractivity contribution in [3.05, 3.63) is 138 Å². The van der Waals surface area contributed by atoms with Crippen LogP contribution in [0.4, 0.5) is 4.79 Å². The number of hydrogen-bond donors (Lipinski definition) is 2. The van der Waals surface area contributed by atoms with Crippen LogP contribution >= 0.6 is 0 Å². The maximum absolute atomic E-state index is 11.9. The van der Waals surface area contributed by atoms with Gasteiger partial charge in [-0.3, -0.25) is 4.98 Å². The minimum absolute atomic E-state index is 0.00465. The molecule has 0 spiro atoms. The highest BCUT2D eigenvalue weighted by Crippen LogP contribution is 2.39. The minimum atomic E-state index is -0.556. The highest BCUT2D eigenvalue weighted by molar-refractivity contribution is 5.68. The Morgan fingerprint density at radius 3 is 2.56 bits per heavy atom. The van der Waals surface area contributed by atoms with Crippen molar-refractivity contribution < 1.29 is 24.1 Å². The van der Waals surface area contributed by atoms with Crippen molar-refractivity contribution in [2.75, 3.05) is 26.7 Å². The molecule has 45 heavy (non-hydrogen) atoms. The number of alkyl carbamates (subject to hydrolysis) is 1. The summed E-state index contributed by atoms with van der Waals surface area (Å²) >= 11 is 0. The summed E-state index contributed by atoms with van der Waals surface area (Å²) in [6.45, 7) is 5.70. The van der Waals surface area contributed by atoms with E-state index in [2.05, 4.69) is 53.1 Å². The van der Waals surface area contributed by atoms with Gasteiger partial charge in [0.15, 0.2) is 6.29 Å². The number of aliphatic hydroxyl groups excluding tert-OH is 1. The zero-order valence-corrected chi connectivity index (χ0v) is 25.7. The van der Waals surface area contributed by atoms with Gasteiger partial charge >= 0.3 is 6.09 Å². The van der Waals surface area contributed by atoms with Crippen molar-refractivity contribution in [3.8, 4) is 11.1 Å². The van der Waals surface area contributed by atoms with Gasteiger partial charge in [0.25, 0.3) is 0 Å². The number of hydrogen-bond acceptors (Lipinski definition) is 7. The van der Waals surface area contributed by atoms with Crippen LogP contribution in [-0.4, -0.2) is 53.9 Å². The van der Waals surface area contributed by atoms with Crippen LogP contribution in [0.2, 0.25) is 0 Å². The lowest BCUT2D eigenvalue weighted by Crippen LogP contribution is -2.38. The highest BCUT2D eigenvalue weighted by atomic mass is 16.7. The molecule has 0 aliphatic carbocycles. The summed E-state index contributed by atoms with van der Waals surface area (Å²) in [7, 11) is 2.11. The number of aliphatic hydroxyl groups is 1. The average Bonchev–Trinajstić information content (AvgIpc) is 3.09. The predicted molar refractivity (Wildman–Crippen MR) is 174 cm³/mol. The third-order valence-electron chi connectivity index (χ3n) is 7.79. The van der Waals surface area contributed by atoms with Crippen molar-refractivity contribution in [2.24, 2.45) is 0 Å². The van der Waals surface area contributed by atoms with E-state index < -0.39 is 12.4 Å². The number of rotatable bonds is 13. The summed E-state index contributed by atoms with van der Waals surface area (Å²) in [5.41, 5.74) is 6.93. The molecular weight excluding hydrogens is 566 g/mol. The monoisotopic (exact) mass is 607 g/mol. The van der Waals surface area contributed by atoms with Gasteiger partial charge in [-0.25, -0.2) is 4.79 Å². The first-order valence-electron chi connectivity index (χ1n) is 15.3. The van der Waals surface area contributed by atoms with Crippen LogP contribution in [0.5, 0.6) is 0 Å². The van der Waals surface area contributed by atoms with E-state index in [1.165, 1.54) is 6.08 Å². The lowest BCUT2D eigenvalue weighted by Gasteiger charge is -2.38. The van der Waals surface area contributed by atoms with Crippen LogP contribution in [0.3, 0.4) is 0 Å². The Labute approximate surface area is 265 Å². The standard InChI is InChI=1S/C37H41N3O5/c1-3-20-43-37(42)39-24-28-8-6-9-30(21-28)31-10-7-11-32(22-31)36-44-34(25-40(2)19-17-33-12-4-5-18-38-33)23-35(45-36)29-15-13-27(26-41)14-16-29/h3-16,18,21-22,34-36,41H,1,17,19-20,23-26H2,2H3,(H,39,42). The second kappa shape index (κ2) is 16.1. The number of amides is 1. The molecule has 1 aliphatic rings. The molecule has 4 aromatic rings. The smallest absolute Gasteiger partial charge is 0.407 e. The average molecular weight is 608 g/mol. The van der Waals surface area contributed by atoms with E-state index in [4.69, 9.17) is 14.2 Å². The van der Waals surface area contributed by atoms with E-state index in [9.17, 15) is 9.90 Å². The summed E-state index contributed by atoms with van der Waals surface area (Å²) in [5.74, 6) is 0. The number of carbonyl (C=O) groups is 1. The summed E-state index contributed by atoms with van der Waals surface area (Å²) in [5, 5.41) is 12.3. The predicted octanol–water partition coefficient (Wildman–Crippen LogP) is 6.37. The van der Waals surface area contributed by atoms with Gasteiger partial charge in [0, 0.05) is 49.9 Å². The summed E-state index contributed by atoms with van der Waals surface area (Å²) in [6.07, 6.45) is 3.69. The Hall–Kier alpha value is -4.34. The first-order chi connectivity index (χ1) is 22.0. The SMILES string of the molecule is C=CCOC(=O)NCc1cccc(-c2cccc(C3OC(CN(C)CCc4ccccn4)CC(c4ccc(CO)cc4)O3)c2)c1. The molecule has 1 aliphatic heterocycles. The van der Waals surface area contributed by atoms with Gasteiger partial charge < -0.3 is 29.5 Å². The van der Waals surface area contributed by atoms with Crippen LogP contribution in [0.1, 0.15) is 46.8 Å². The van der Waals surface area contributed by atoms with Crippen LogP contribution in [0, 0.1) is 0 Å². The lowest BCUT2D eigenvalue weighted by molar-refractivity contribution is -0.252. The molecule has 3 aromatic carbocycles. The first-order valence-corrected chi connectivity index (χ1v) is 15.3. The summed E-state index contributed by atoms with van der Waals surface area (Å²) in [4.78, 5) is 18.6. The van der Waals surface area contributed by atoms with E-state index in [1.54, 1.807) is 0 Å². The second-order valence-corrected chi connectivity index (χ2v) is 11.2. The number of ether oxygens (including phenoxy) is 3. The molecule has 1 aromatic heterocycles. The zero-order valence-electron chi connectivity index (χ0n) is 25.7. The maximum Gasteiger partial charge on any atom is 0.407 e. The number of likely N-dealkylation sites (N-methyl/N-ethyl adjacent to an activating group) is 1. The molecule has 8 heteroatoms. The fourth-order valence-electron chi connectivity index (χ4n) is 5.41. The van der Waals surface area contributed by atoms with Gasteiger partial charge in [-0.2, -0.15) is 0 Å². The Morgan fingerprint density at radius 1 is 1.00 bits per heavy atom. The van der Waals surface area contributed by atoms with Crippen molar-refractivity contribution in [1.29, 1.82) is 0 Å². The Balaban J connectivity index is 1.31. The van der Waals surface area contributed by atoms with E-state index in [-0.39, 0.29) is 25.4 Å². The Bertz CT molecular complexity index is 1530. The van der Waals surface area contributed by atoms with E-state index in [0.29, 0.717) is 13.0 Å². The molecule has 1 fully saturated rings. The largest absolute Gasteiger partial charge is 0.445 e. The van der Waals surface area contributed by atoms with Gasteiger partial charge in [-0.05, 0) is 59.1 Å². The van der Waals surface area contributed by atoms with Crippen molar-refractivity contribution in [1.82, 2.24) is 15.2 Å². The lowest BCUT2D eigenvalue weighted by atomic mass is 9.98. The van der Waals surface area contributed by atoms with Gasteiger partial charge in [-0.15, -0.1) is 0 Å². The number of aromatic nitrogens is 1. The normalized spacial score (nSPS) is 18.0. The van der Waals surface area contributed by atoms with Crippen molar-refractivity contribution >= 4 is 6.09 Å². The van der Waals surface area contributed by atoms with Crippen molar-refractivity contribution in [3.63, 3.8) is 0 Å². The molecule has 3 unspecified atom stereocenters. The van der Waals surface area contributed by atoms with E-state index >= 15 is 0 Å². The molecule has 1 amide bonds. The molecule has 0 saturated carbocycles. The first kappa shape index (κ1) is 32.1.